The minimum atomic E-state index is -1.77. The highest BCUT2D eigenvalue weighted by Gasteiger charge is 2.32. The van der Waals surface area contributed by atoms with Crippen LogP contribution in [0, 0.1) is 13.8 Å². The summed E-state index contributed by atoms with van der Waals surface area (Å²) in [6.07, 6.45) is 0. The van der Waals surface area contributed by atoms with Gasteiger partial charge in [-0.05, 0) is 58.0 Å². The number of aryl methyl sites for hydroxylation is 2. The molecule has 0 fully saturated rings. The maximum Gasteiger partial charge on any atom is 0.339 e. The van der Waals surface area contributed by atoms with E-state index in [2.05, 4.69) is 10.4 Å². The van der Waals surface area contributed by atoms with Gasteiger partial charge in [0.15, 0.2) is 5.60 Å². The van der Waals surface area contributed by atoms with E-state index in [0.717, 1.165) is 17.1 Å². The van der Waals surface area contributed by atoms with Gasteiger partial charge in [0.05, 0.1) is 24.5 Å². The maximum atomic E-state index is 12.2. The number of esters is 1. The smallest absolute Gasteiger partial charge is 0.339 e. The molecule has 0 aliphatic carbocycles. The fourth-order valence-corrected chi connectivity index (χ4v) is 2.36. The molecule has 2 N–H and O–H groups in total. The van der Waals surface area contributed by atoms with Crippen LogP contribution in [0.15, 0.2) is 30.3 Å². The van der Waals surface area contributed by atoms with Crippen molar-refractivity contribution in [3.8, 4) is 5.69 Å². The minimum absolute atomic E-state index is 0.163. The Morgan fingerprint density at radius 2 is 1.92 bits per heavy atom. The van der Waals surface area contributed by atoms with Crippen LogP contribution >= 0.6 is 0 Å². The average molecular weight is 345 g/mol. The van der Waals surface area contributed by atoms with Crippen molar-refractivity contribution < 1.29 is 19.4 Å². The van der Waals surface area contributed by atoms with Crippen molar-refractivity contribution in [1.29, 1.82) is 0 Å². The fourth-order valence-electron chi connectivity index (χ4n) is 2.36. The number of nitrogens with one attached hydrogen (secondary N) is 1. The third-order valence-electron chi connectivity index (χ3n) is 3.69. The molecule has 0 spiro atoms. The largest absolute Gasteiger partial charge is 0.464 e. The van der Waals surface area contributed by atoms with Gasteiger partial charge in [0.1, 0.15) is 0 Å². The number of aromatic nitrogens is 2. The molecule has 134 valence electrons. The van der Waals surface area contributed by atoms with Crippen LogP contribution in [0.3, 0.4) is 0 Å². The van der Waals surface area contributed by atoms with Gasteiger partial charge < -0.3 is 15.2 Å². The first-order chi connectivity index (χ1) is 11.7. The Bertz CT molecular complexity index is 763. The molecule has 0 radical (unpaired) electrons. The molecule has 0 saturated heterocycles. The van der Waals surface area contributed by atoms with E-state index in [1.165, 1.54) is 6.92 Å². The molecule has 0 unspecified atom stereocenters. The summed E-state index contributed by atoms with van der Waals surface area (Å²) in [4.78, 5) is 23.8. The zero-order chi connectivity index (χ0) is 18.6. The Balaban J connectivity index is 2.03. The summed E-state index contributed by atoms with van der Waals surface area (Å²) < 4.78 is 6.57. The molecule has 2 aromatic rings. The van der Waals surface area contributed by atoms with Gasteiger partial charge in [0.25, 0.3) is 5.91 Å². The standard InChI is InChI=1S/C18H23N3O4/c1-5-25-17(23)18(4,24)11-19-16(22)14-6-8-15(9-7-14)21-13(3)10-12(2)20-21/h6-10,24H,5,11H2,1-4H3,(H,19,22)/t18-/m0/s1. The first-order valence-corrected chi connectivity index (χ1v) is 8.06. The normalized spacial score (nSPS) is 13.2. The number of hydrogen-bond donors (Lipinski definition) is 2. The lowest BCUT2D eigenvalue weighted by Crippen LogP contribution is -2.47. The number of hydrogen-bond acceptors (Lipinski definition) is 5. The number of carbonyl (C=O) groups excluding carboxylic acids is 2. The SMILES string of the molecule is CCOC(=O)[C@@](C)(O)CNC(=O)c1ccc(-n2nc(C)cc2C)cc1. The molecular formula is C18H23N3O4. The molecule has 1 amide bonds. The van der Waals surface area contributed by atoms with E-state index < -0.39 is 11.6 Å². The van der Waals surface area contributed by atoms with Crippen LogP contribution in [0.25, 0.3) is 5.69 Å². The summed E-state index contributed by atoms with van der Waals surface area (Å²) in [5.41, 5.74) is 1.42. The van der Waals surface area contributed by atoms with E-state index in [1.54, 1.807) is 35.9 Å². The molecule has 1 heterocycles. The fraction of sp³-hybridized carbons (Fsp3) is 0.389. The Labute approximate surface area is 146 Å². The van der Waals surface area contributed by atoms with Crippen LogP contribution in [0.5, 0.6) is 0 Å². The summed E-state index contributed by atoms with van der Waals surface area (Å²) in [5, 5.41) is 17.0. The zero-order valence-electron chi connectivity index (χ0n) is 14.9. The van der Waals surface area contributed by atoms with Crippen LogP contribution in [0.4, 0.5) is 0 Å². The topological polar surface area (TPSA) is 93.5 Å². The Morgan fingerprint density at radius 3 is 2.44 bits per heavy atom. The molecule has 25 heavy (non-hydrogen) atoms. The van der Waals surface area contributed by atoms with Gasteiger partial charge in [-0.15, -0.1) is 0 Å². The summed E-state index contributed by atoms with van der Waals surface area (Å²) in [6, 6.07) is 8.88. The highest BCUT2D eigenvalue weighted by atomic mass is 16.5. The maximum absolute atomic E-state index is 12.2. The molecule has 7 heteroatoms. The molecule has 0 aliphatic rings. The monoisotopic (exact) mass is 345 g/mol. The number of ether oxygens (including phenoxy) is 1. The van der Waals surface area contributed by atoms with Gasteiger partial charge in [-0.2, -0.15) is 5.10 Å². The van der Waals surface area contributed by atoms with Crippen LogP contribution in [-0.4, -0.2) is 45.5 Å². The van der Waals surface area contributed by atoms with Gasteiger partial charge in [-0.25, -0.2) is 9.48 Å². The second-order valence-electron chi connectivity index (χ2n) is 6.06. The molecule has 1 aromatic carbocycles. The Morgan fingerprint density at radius 1 is 1.28 bits per heavy atom. The predicted molar refractivity (Wildman–Crippen MR) is 92.6 cm³/mol. The summed E-state index contributed by atoms with van der Waals surface area (Å²) in [7, 11) is 0. The predicted octanol–water partition coefficient (Wildman–Crippen LogP) is 1.53. The molecule has 2 rings (SSSR count). The molecule has 1 aromatic heterocycles. The van der Waals surface area contributed by atoms with Crippen molar-refractivity contribution in [1.82, 2.24) is 15.1 Å². The van der Waals surface area contributed by atoms with E-state index >= 15 is 0 Å². The van der Waals surface area contributed by atoms with Crippen LogP contribution in [-0.2, 0) is 9.53 Å². The van der Waals surface area contributed by atoms with Gasteiger partial charge in [0, 0.05) is 11.3 Å². The zero-order valence-corrected chi connectivity index (χ0v) is 14.9. The minimum Gasteiger partial charge on any atom is -0.464 e. The quantitative estimate of drug-likeness (QED) is 0.775. The Kier molecular flexibility index (Phi) is 5.58. The number of rotatable bonds is 6. The molecule has 0 aliphatic heterocycles. The van der Waals surface area contributed by atoms with Crippen molar-refractivity contribution in [2.75, 3.05) is 13.2 Å². The third-order valence-corrected chi connectivity index (χ3v) is 3.69. The van der Waals surface area contributed by atoms with Crippen molar-refractivity contribution in [2.24, 2.45) is 0 Å². The summed E-state index contributed by atoms with van der Waals surface area (Å²) in [5.74, 6) is -1.15. The molecular weight excluding hydrogens is 322 g/mol. The number of nitrogens with zero attached hydrogens (tertiary/aromatic N) is 2. The highest BCUT2D eigenvalue weighted by Crippen LogP contribution is 2.13. The van der Waals surface area contributed by atoms with Crippen LogP contribution < -0.4 is 5.32 Å². The average Bonchev–Trinajstić information content (AvgIpc) is 2.91. The van der Waals surface area contributed by atoms with Gasteiger partial charge in [-0.3, -0.25) is 4.79 Å². The lowest BCUT2D eigenvalue weighted by molar-refractivity contribution is -0.162. The van der Waals surface area contributed by atoms with Crippen LogP contribution in [0.2, 0.25) is 0 Å². The summed E-state index contributed by atoms with van der Waals surface area (Å²) >= 11 is 0. The van der Waals surface area contributed by atoms with Crippen molar-refractivity contribution in [3.63, 3.8) is 0 Å². The third kappa shape index (κ3) is 4.45. The van der Waals surface area contributed by atoms with Crippen molar-refractivity contribution in [3.05, 3.63) is 47.3 Å². The van der Waals surface area contributed by atoms with E-state index in [0.29, 0.717) is 5.56 Å². The molecule has 0 bridgehead atoms. The molecule has 0 saturated carbocycles. The molecule has 7 nitrogen and oxygen atoms in total. The Hall–Kier alpha value is -2.67. The molecule has 1 atom stereocenters. The number of benzene rings is 1. The number of aliphatic hydroxyl groups is 1. The van der Waals surface area contributed by atoms with Gasteiger partial charge >= 0.3 is 5.97 Å². The van der Waals surface area contributed by atoms with Crippen molar-refractivity contribution in [2.45, 2.75) is 33.3 Å². The van der Waals surface area contributed by atoms with Gasteiger partial charge in [-0.1, -0.05) is 0 Å². The second kappa shape index (κ2) is 7.48. The first kappa shape index (κ1) is 18.7. The van der Waals surface area contributed by atoms with E-state index in [1.807, 2.05) is 19.9 Å². The highest BCUT2D eigenvalue weighted by molar-refractivity contribution is 5.94. The summed E-state index contributed by atoms with van der Waals surface area (Å²) in [6.45, 7) is 6.76. The first-order valence-electron chi connectivity index (χ1n) is 8.06. The number of amides is 1. The second-order valence-corrected chi connectivity index (χ2v) is 6.06. The van der Waals surface area contributed by atoms with Gasteiger partial charge in [0.2, 0.25) is 0 Å². The van der Waals surface area contributed by atoms with E-state index in [4.69, 9.17) is 4.74 Å². The van der Waals surface area contributed by atoms with E-state index in [9.17, 15) is 14.7 Å². The lowest BCUT2D eigenvalue weighted by Gasteiger charge is -2.21. The van der Waals surface area contributed by atoms with E-state index in [-0.39, 0.29) is 19.1 Å². The van der Waals surface area contributed by atoms with Crippen molar-refractivity contribution >= 4 is 11.9 Å². The van der Waals surface area contributed by atoms with Crippen LogP contribution in [0.1, 0.15) is 35.6 Å². The number of carbonyl (C=O) groups is 2. The lowest BCUT2D eigenvalue weighted by atomic mass is 10.1.